The molecule has 0 N–H and O–H groups in total. The summed E-state index contributed by atoms with van der Waals surface area (Å²) in [5.41, 5.74) is 3.37. The molecular formula is C22H22N4OS2. The van der Waals surface area contributed by atoms with E-state index in [1.807, 2.05) is 6.92 Å². The molecule has 0 bridgehead atoms. The topological polar surface area (TPSA) is 60.7 Å². The Bertz CT molecular complexity index is 1200. The van der Waals surface area contributed by atoms with Crippen LogP contribution in [-0.2, 0) is 18.7 Å². The quantitative estimate of drug-likeness (QED) is 0.331. The van der Waals surface area contributed by atoms with E-state index < -0.39 is 0 Å². The maximum absolute atomic E-state index is 13.5. The molecule has 148 valence electrons. The minimum absolute atomic E-state index is 0.0282. The second-order valence-corrected chi connectivity index (χ2v) is 8.94. The zero-order valence-corrected chi connectivity index (χ0v) is 18.3. The Balaban J connectivity index is 1.80. The van der Waals surface area contributed by atoms with Gasteiger partial charge >= 0.3 is 0 Å². The lowest BCUT2D eigenvalue weighted by Gasteiger charge is -2.12. The number of nitrogens with zero attached hydrogens (tertiary/aromatic N) is 4. The number of benzene rings is 1. The summed E-state index contributed by atoms with van der Waals surface area (Å²) in [5.74, 6) is 1.29. The number of rotatable bonds is 6. The molecule has 0 saturated heterocycles. The van der Waals surface area contributed by atoms with Crippen LogP contribution in [0.4, 0.5) is 0 Å². The van der Waals surface area contributed by atoms with Crippen molar-refractivity contribution >= 4 is 33.3 Å². The lowest BCUT2D eigenvalue weighted by Crippen LogP contribution is -2.24. The largest absolute Gasteiger partial charge is 0.283 e. The second-order valence-electron chi connectivity index (χ2n) is 6.91. The Kier molecular flexibility index (Phi) is 5.78. The van der Waals surface area contributed by atoms with Gasteiger partial charge in [0.25, 0.3) is 5.56 Å². The summed E-state index contributed by atoms with van der Waals surface area (Å²) in [6, 6.07) is 10.1. The molecule has 0 aliphatic heterocycles. The van der Waals surface area contributed by atoms with Gasteiger partial charge in [-0.25, -0.2) is 15.0 Å². The van der Waals surface area contributed by atoms with Gasteiger partial charge in [-0.3, -0.25) is 9.36 Å². The Morgan fingerprint density at radius 2 is 1.83 bits per heavy atom. The molecular weight excluding hydrogens is 400 g/mol. The molecule has 5 nitrogen and oxygen atoms in total. The summed E-state index contributed by atoms with van der Waals surface area (Å²) in [7, 11) is 0. The smallest absolute Gasteiger partial charge is 0.263 e. The molecule has 4 rings (SSSR count). The van der Waals surface area contributed by atoms with Crippen LogP contribution in [0.2, 0.25) is 0 Å². The zero-order chi connectivity index (χ0) is 20.4. The maximum Gasteiger partial charge on any atom is 0.263 e. The third-order valence-corrected chi connectivity index (χ3v) is 7.15. The average molecular weight is 423 g/mol. The van der Waals surface area contributed by atoms with Crippen LogP contribution >= 0.6 is 23.1 Å². The minimum Gasteiger partial charge on any atom is -0.283 e. The van der Waals surface area contributed by atoms with Crippen molar-refractivity contribution in [2.45, 2.75) is 44.6 Å². The van der Waals surface area contributed by atoms with E-state index in [2.05, 4.69) is 48.1 Å². The summed E-state index contributed by atoms with van der Waals surface area (Å²) in [4.78, 5) is 29.0. The van der Waals surface area contributed by atoms with Gasteiger partial charge in [0.2, 0.25) is 0 Å². The van der Waals surface area contributed by atoms with Crippen molar-refractivity contribution in [3.63, 3.8) is 0 Å². The molecule has 3 aromatic heterocycles. The normalized spacial score (nSPS) is 11.3. The SMILES string of the molecule is CCc1sc2nc(SCc3ncccn3)n(Cc3ccc(C)cc3)c(=O)c2c1C. The first-order chi connectivity index (χ1) is 14.1. The standard InChI is InChI=1S/C22H22N4OS2/c1-4-17-15(3)19-20(29-17)25-22(28-13-18-23-10-5-11-24-18)26(21(19)27)12-16-8-6-14(2)7-9-16/h5-11H,4,12-13H2,1-3H3. The van der Waals surface area contributed by atoms with Gasteiger partial charge in [-0.05, 0) is 37.5 Å². The van der Waals surface area contributed by atoms with Crippen LogP contribution in [0.5, 0.6) is 0 Å². The number of hydrogen-bond donors (Lipinski definition) is 0. The Morgan fingerprint density at radius 3 is 2.52 bits per heavy atom. The predicted octanol–water partition coefficient (Wildman–Crippen LogP) is 4.77. The summed E-state index contributed by atoms with van der Waals surface area (Å²) in [6.07, 6.45) is 4.37. The van der Waals surface area contributed by atoms with Gasteiger partial charge in [-0.15, -0.1) is 11.3 Å². The summed E-state index contributed by atoms with van der Waals surface area (Å²) < 4.78 is 1.79. The molecule has 3 heterocycles. The van der Waals surface area contributed by atoms with E-state index in [1.54, 1.807) is 34.4 Å². The number of aromatic nitrogens is 4. The molecule has 0 atom stereocenters. The fourth-order valence-electron chi connectivity index (χ4n) is 3.24. The lowest BCUT2D eigenvalue weighted by molar-refractivity contribution is 0.658. The van der Waals surface area contributed by atoms with E-state index >= 15 is 0 Å². The molecule has 4 aromatic rings. The summed E-state index contributed by atoms with van der Waals surface area (Å²) >= 11 is 3.13. The molecule has 0 amide bonds. The van der Waals surface area contributed by atoms with E-state index in [-0.39, 0.29) is 5.56 Å². The van der Waals surface area contributed by atoms with Crippen LogP contribution in [0.3, 0.4) is 0 Å². The van der Waals surface area contributed by atoms with E-state index in [4.69, 9.17) is 4.98 Å². The van der Waals surface area contributed by atoms with Crippen molar-refractivity contribution < 1.29 is 0 Å². The van der Waals surface area contributed by atoms with Crippen molar-refractivity contribution in [2.75, 3.05) is 0 Å². The first kappa shape index (κ1) is 19.8. The number of thiophene rings is 1. The number of thioether (sulfide) groups is 1. The average Bonchev–Trinajstić information content (AvgIpc) is 3.06. The van der Waals surface area contributed by atoms with Crippen LogP contribution in [0.1, 0.15) is 34.3 Å². The monoisotopic (exact) mass is 422 g/mol. The van der Waals surface area contributed by atoms with Gasteiger partial charge in [0, 0.05) is 17.3 Å². The number of aryl methyl sites for hydroxylation is 3. The van der Waals surface area contributed by atoms with Gasteiger partial charge in [0.1, 0.15) is 10.7 Å². The molecule has 1 aromatic carbocycles. The minimum atomic E-state index is 0.0282. The third-order valence-electron chi connectivity index (χ3n) is 4.85. The van der Waals surface area contributed by atoms with Gasteiger partial charge in [0.15, 0.2) is 5.16 Å². The van der Waals surface area contributed by atoms with Crippen molar-refractivity contribution in [3.05, 3.63) is 80.5 Å². The van der Waals surface area contributed by atoms with Crippen molar-refractivity contribution in [1.82, 2.24) is 19.5 Å². The molecule has 0 spiro atoms. The van der Waals surface area contributed by atoms with Gasteiger partial charge in [-0.2, -0.15) is 0 Å². The van der Waals surface area contributed by atoms with E-state index in [0.29, 0.717) is 17.5 Å². The first-order valence-electron chi connectivity index (χ1n) is 9.54. The lowest BCUT2D eigenvalue weighted by atomic mass is 10.1. The van der Waals surface area contributed by atoms with E-state index in [0.717, 1.165) is 33.6 Å². The second kappa shape index (κ2) is 8.47. The summed E-state index contributed by atoms with van der Waals surface area (Å²) in [6.45, 7) is 6.70. The molecule has 0 radical (unpaired) electrons. The third kappa shape index (κ3) is 4.11. The fraction of sp³-hybridized carbons (Fsp3) is 0.273. The fourth-order valence-corrected chi connectivity index (χ4v) is 5.27. The van der Waals surface area contributed by atoms with Crippen molar-refractivity contribution in [3.8, 4) is 0 Å². The molecule has 0 aliphatic carbocycles. The molecule has 29 heavy (non-hydrogen) atoms. The molecule has 7 heteroatoms. The highest BCUT2D eigenvalue weighted by atomic mass is 32.2. The van der Waals surface area contributed by atoms with Crippen molar-refractivity contribution in [2.24, 2.45) is 0 Å². The Labute approximate surface area is 177 Å². The Hall–Kier alpha value is -2.51. The zero-order valence-electron chi connectivity index (χ0n) is 16.7. The van der Waals surface area contributed by atoms with Crippen LogP contribution < -0.4 is 5.56 Å². The van der Waals surface area contributed by atoms with Crippen LogP contribution in [0.25, 0.3) is 10.2 Å². The van der Waals surface area contributed by atoms with Gasteiger partial charge < -0.3 is 0 Å². The van der Waals surface area contributed by atoms with Crippen LogP contribution in [0.15, 0.2) is 52.7 Å². The van der Waals surface area contributed by atoms with E-state index in [9.17, 15) is 4.79 Å². The summed E-state index contributed by atoms with van der Waals surface area (Å²) in [5, 5.41) is 1.46. The molecule has 0 saturated carbocycles. The number of fused-ring (bicyclic) bond motifs is 1. The Morgan fingerprint density at radius 1 is 1.10 bits per heavy atom. The molecule has 0 fully saturated rings. The van der Waals surface area contributed by atoms with Crippen LogP contribution in [-0.4, -0.2) is 19.5 Å². The van der Waals surface area contributed by atoms with Crippen LogP contribution in [0, 0.1) is 13.8 Å². The highest BCUT2D eigenvalue weighted by molar-refractivity contribution is 7.98. The molecule has 0 unspecified atom stereocenters. The highest BCUT2D eigenvalue weighted by Gasteiger charge is 2.18. The van der Waals surface area contributed by atoms with E-state index in [1.165, 1.54) is 22.2 Å². The van der Waals surface area contributed by atoms with Gasteiger partial charge in [-0.1, -0.05) is 48.5 Å². The number of hydrogen-bond acceptors (Lipinski definition) is 6. The van der Waals surface area contributed by atoms with Crippen molar-refractivity contribution in [1.29, 1.82) is 0 Å². The molecule has 0 aliphatic rings. The maximum atomic E-state index is 13.5. The first-order valence-corrected chi connectivity index (χ1v) is 11.3. The predicted molar refractivity (Wildman–Crippen MR) is 120 cm³/mol. The highest BCUT2D eigenvalue weighted by Crippen LogP contribution is 2.30. The van der Waals surface area contributed by atoms with Gasteiger partial charge in [0.05, 0.1) is 17.7 Å².